The number of carbonyl (C=O) groups is 1. The lowest BCUT2D eigenvalue weighted by Gasteiger charge is -2.40. The van der Waals surface area contributed by atoms with Crippen molar-refractivity contribution in [2.45, 2.75) is 58.0 Å². The van der Waals surface area contributed by atoms with Gasteiger partial charge in [-0.25, -0.2) is 0 Å². The van der Waals surface area contributed by atoms with Gasteiger partial charge in [0.1, 0.15) is 12.3 Å². The third-order valence-electron chi connectivity index (χ3n) is 7.84. The van der Waals surface area contributed by atoms with Crippen LogP contribution in [0.5, 0.6) is 11.5 Å². The SMILES string of the molecule is COc1cc(C(=O)N2CCC(c3ccsc3)=C[C@H]2CO[Si](C)(C)C(C)(C)C)c(N=O)cc1OCc1ccccc1. The van der Waals surface area contributed by atoms with Crippen LogP contribution in [0.2, 0.25) is 18.1 Å². The van der Waals surface area contributed by atoms with Crippen molar-refractivity contribution in [1.82, 2.24) is 4.90 Å². The van der Waals surface area contributed by atoms with Crippen molar-refractivity contribution in [3.63, 3.8) is 0 Å². The number of nitrogens with zero attached hydrogens (tertiary/aromatic N) is 2. The summed E-state index contributed by atoms with van der Waals surface area (Å²) in [5.74, 6) is 0.438. The van der Waals surface area contributed by atoms with E-state index in [2.05, 4.69) is 61.9 Å². The molecule has 212 valence electrons. The summed E-state index contributed by atoms with van der Waals surface area (Å²) in [6.07, 6.45) is 2.84. The Balaban J connectivity index is 1.63. The summed E-state index contributed by atoms with van der Waals surface area (Å²) in [6.45, 7) is 12.2. The smallest absolute Gasteiger partial charge is 0.256 e. The predicted molar refractivity (Wildman–Crippen MR) is 164 cm³/mol. The van der Waals surface area contributed by atoms with Gasteiger partial charge < -0.3 is 18.8 Å². The van der Waals surface area contributed by atoms with Gasteiger partial charge in [0.15, 0.2) is 19.8 Å². The topological polar surface area (TPSA) is 77.4 Å². The third kappa shape index (κ3) is 6.71. The second-order valence-electron chi connectivity index (χ2n) is 11.5. The highest BCUT2D eigenvalue weighted by molar-refractivity contribution is 7.08. The van der Waals surface area contributed by atoms with Crippen LogP contribution in [0.4, 0.5) is 5.69 Å². The minimum Gasteiger partial charge on any atom is -0.493 e. The Morgan fingerprint density at radius 1 is 1.12 bits per heavy atom. The molecule has 1 aliphatic heterocycles. The molecule has 40 heavy (non-hydrogen) atoms. The Kier molecular flexibility index (Phi) is 9.28. The highest BCUT2D eigenvalue weighted by Gasteiger charge is 2.39. The zero-order valence-corrected chi connectivity index (χ0v) is 25.9. The Hall–Kier alpha value is -3.27. The summed E-state index contributed by atoms with van der Waals surface area (Å²) < 4.78 is 18.1. The normalized spacial score (nSPS) is 15.9. The number of carbonyl (C=O) groups excluding carboxylic acids is 1. The highest BCUT2D eigenvalue weighted by Crippen LogP contribution is 2.39. The second-order valence-corrected chi connectivity index (χ2v) is 17.1. The Bertz CT molecular complexity index is 1350. The van der Waals surface area contributed by atoms with E-state index in [0.717, 1.165) is 5.56 Å². The molecule has 0 fully saturated rings. The molecule has 9 heteroatoms. The van der Waals surface area contributed by atoms with Gasteiger partial charge in [-0.15, -0.1) is 4.91 Å². The summed E-state index contributed by atoms with van der Waals surface area (Å²) in [4.78, 5) is 27.8. The van der Waals surface area contributed by atoms with E-state index >= 15 is 0 Å². The van der Waals surface area contributed by atoms with E-state index in [1.54, 1.807) is 22.3 Å². The lowest BCUT2D eigenvalue weighted by atomic mass is 9.97. The van der Waals surface area contributed by atoms with Gasteiger partial charge in [0.2, 0.25) is 0 Å². The molecule has 0 spiro atoms. The van der Waals surface area contributed by atoms with Gasteiger partial charge in [-0.1, -0.05) is 57.2 Å². The number of methoxy groups -OCH3 is 1. The highest BCUT2D eigenvalue weighted by atomic mass is 32.1. The molecule has 0 unspecified atom stereocenters. The maximum Gasteiger partial charge on any atom is 0.256 e. The molecular weight excluding hydrogens is 541 g/mol. The van der Waals surface area contributed by atoms with E-state index in [0.29, 0.717) is 31.1 Å². The molecule has 1 amide bonds. The van der Waals surface area contributed by atoms with Crippen LogP contribution >= 0.6 is 11.3 Å². The van der Waals surface area contributed by atoms with Crippen LogP contribution < -0.4 is 9.47 Å². The van der Waals surface area contributed by atoms with Crippen molar-refractivity contribution >= 4 is 36.8 Å². The van der Waals surface area contributed by atoms with Crippen molar-refractivity contribution in [2.24, 2.45) is 5.18 Å². The third-order valence-corrected chi connectivity index (χ3v) is 13.0. The first-order valence-electron chi connectivity index (χ1n) is 13.4. The molecule has 2 aromatic carbocycles. The fourth-order valence-corrected chi connectivity index (χ4v) is 6.06. The lowest BCUT2D eigenvalue weighted by molar-refractivity contribution is 0.0654. The van der Waals surface area contributed by atoms with E-state index in [4.69, 9.17) is 13.9 Å². The van der Waals surface area contributed by atoms with E-state index in [9.17, 15) is 9.70 Å². The molecule has 0 N–H and O–H groups in total. The number of ether oxygens (including phenoxy) is 2. The van der Waals surface area contributed by atoms with Gasteiger partial charge in [-0.2, -0.15) is 11.3 Å². The molecule has 7 nitrogen and oxygen atoms in total. The van der Waals surface area contributed by atoms with Gasteiger partial charge in [-0.3, -0.25) is 4.79 Å². The standard InChI is InChI=1S/C31H38N2O5SSi/c1-31(2,3)40(5,6)38-20-25-16-23(24-13-15-39-21-24)12-14-33(25)30(34)26-17-28(36-4)29(18-27(26)32-35)37-19-22-10-8-7-9-11-22/h7-11,13,15-18,21,25H,12,14,19-20H2,1-6H3/t25-/m0/s1. The largest absolute Gasteiger partial charge is 0.493 e. The maximum atomic E-state index is 14.0. The number of amides is 1. The van der Waals surface area contributed by atoms with Crippen molar-refractivity contribution in [3.05, 3.63) is 87.0 Å². The van der Waals surface area contributed by atoms with Crippen molar-refractivity contribution in [2.75, 3.05) is 20.3 Å². The van der Waals surface area contributed by atoms with E-state index < -0.39 is 8.32 Å². The molecule has 1 aromatic heterocycles. The minimum absolute atomic E-state index is 0.0190. The van der Waals surface area contributed by atoms with Crippen LogP contribution in [0.1, 0.15) is 48.7 Å². The molecule has 0 saturated carbocycles. The molecule has 0 radical (unpaired) electrons. The number of hydrogen-bond donors (Lipinski definition) is 0. The number of hydrogen-bond acceptors (Lipinski definition) is 7. The lowest BCUT2D eigenvalue weighted by Crippen LogP contribution is -2.49. The average Bonchev–Trinajstić information content (AvgIpc) is 3.49. The number of rotatable bonds is 10. The van der Waals surface area contributed by atoms with Crippen LogP contribution in [0.25, 0.3) is 5.57 Å². The molecule has 1 aliphatic rings. The summed E-state index contributed by atoms with van der Waals surface area (Å²) in [7, 11) is -0.555. The molecule has 2 heterocycles. The van der Waals surface area contributed by atoms with E-state index in [-0.39, 0.29) is 34.8 Å². The van der Waals surface area contributed by atoms with Gasteiger partial charge in [0.05, 0.1) is 25.3 Å². The second kappa shape index (κ2) is 12.5. The number of thiophene rings is 1. The maximum absolute atomic E-state index is 14.0. The monoisotopic (exact) mass is 578 g/mol. The van der Waals surface area contributed by atoms with Crippen LogP contribution in [-0.4, -0.2) is 45.4 Å². The van der Waals surface area contributed by atoms with Gasteiger partial charge in [0, 0.05) is 12.6 Å². The number of benzene rings is 2. The Morgan fingerprint density at radius 3 is 2.50 bits per heavy atom. The fraction of sp³-hybridized carbons (Fsp3) is 0.387. The minimum atomic E-state index is -2.07. The van der Waals surface area contributed by atoms with Crippen LogP contribution in [0.15, 0.2) is 70.5 Å². The zero-order chi connectivity index (χ0) is 28.9. The average molecular weight is 579 g/mol. The van der Waals surface area contributed by atoms with Crippen LogP contribution in [-0.2, 0) is 11.0 Å². The zero-order valence-electron chi connectivity index (χ0n) is 24.1. The Morgan fingerprint density at radius 2 is 1.88 bits per heavy atom. The quantitative estimate of drug-likeness (QED) is 0.180. The van der Waals surface area contributed by atoms with Gasteiger partial charge >= 0.3 is 0 Å². The molecule has 0 bridgehead atoms. The molecule has 0 saturated heterocycles. The summed E-state index contributed by atoms with van der Waals surface area (Å²) >= 11 is 1.65. The molecular formula is C31H38N2O5SSi. The van der Waals surface area contributed by atoms with Crippen molar-refractivity contribution < 1.29 is 18.7 Å². The van der Waals surface area contributed by atoms with Crippen LogP contribution in [0, 0.1) is 4.91 Å². The van der Waals surface area contributed by atoms with Gasteiger partial charge in [-0.05, 0) is 69.3 Å². The van der Waals surface area contributed by atoms with Crippen LogP contribution in [0.3, 0.4) is 0 Å². The van der Waals surface area contributed by atoms with Crippen molar-refractivity contribution in [1.29, 1.82) is 0 Å². The molecule has 0 aliphatic carbocycles. The van der Waals surface area contributed by atoms with Crippen molar-refractivity contribution in [3.8, 4) is 11.5 Å². The fourth-order valence-electron chi connectivity index (χ4n) is 4.36. The first-order chi connectivity index (χ1) is 19.0. The number of nitroso groups, excluding NO2 is 1. The molecule has 1 atom stereocenters. The van der Waals surface area contributed by atoms with Gasteiger partial charge in [0.25, 0.3) is 5.91 Å². The summed E-state index contributed by atoms with van der Waals surface area (Å²) in [5.41, 5.74) is 3.54. The first-order valence-corrected chi connectivity index (χ1v) is 17.3. The predicted octanol–water partition coefficient (Wildman–Crippen LogP) is 8.05. The summed E-state index contributed by atoms with van der Waals surface area (Å²) in [5, 5.41) is 7.43. The first kappa shape index (κ1) is 29.7. The van der Waals surface area contributed by atoms with E-state index in [1.165, 1.54) is 24.3 Å². The Labute approximate surface area is 241 Å². The van der Waals surface area contributed by atoms with E-state index in [1.807, 2.05) is 30.3 Å². The summed E-state index contributed by atoms with van der Waals surface area (Å²) in [6, 6.07) is 14.5. The molecule has 3 aromatic rings. The molecule has 4 rings (SSSR count).